The number of ether oxygens (including phenoxy) is 4. The minimum atomic E-state index is -0.343. The first-order valence-corrected chi connectivity index (χ1v) is 12.6. The van der Waals surface area contributed by atoms with E-state index in [9.17, 15) is 9.59 Å². The molecule has 9 nitrogen and oxygen atoms in total. The summed E-state index contributed by atoms with van der Waals surface area (Å²) in [5.74, 6) is 1.56. The Bertz CT molecular complexity index is 1260. The van der Waals surface area contributed by atoms with E-state index >= 15 is 0 Å². The van der Waals surface area contributed by atoms with Crippen LogP contribution in [0.25, 0.3) is 11.3 Å². The fraction of sp³-hybridized carbons (Fsp3) is 0.346. The zero-order valence-corrected chi connectivity index (χ0v) is 21.8. The van der Waals surface area contributed by atoms with Crippen molar-refractivity contribution in [3.05, 3.63) is 40.8 Å². The third-order valence-electron chi connectivity index (χ3n) is 5.51. The highest BCUT2D eigenvalue weighted by Crippen LogP contribution is 2.40. The van der Waals surface area contributed by atoms with Crippen molar-refractivity contribution in [2.24, 2.45) is 0 Å². The molecule has 10 heteroatoms. The van der Waals surface area contributed by atoms with Gasteiger partial charge in [-0.2, -0.15) is 0 Å². The van der Waals surface area contributed by atoms with Crippen molar-refractivity contribution in [3.8, 4) is 34.3 Å². The first-order valence-electron chi connectivity index (χ1n) is 11.7. The number of likely N-dealkylation sites (N-methyl/N-ethyl adjacent to an activating group) is 1. The minimum absolute atomic E-state index is 0.0241. The number of thiazole rings is 1. The van der Waals surface area contributed by atoms with Crippen molar-refractivity contribution in [1.29, 1.82) is 0 Å². The summed E-state index contributed by atoms with van der Waals surface area (Å²) in [6.07, 6.45) is 0. The first kappa shape index (κ1) is 25.3. The highest BCUT2D eigenvalue weighted by Gasteiger charge is 2.24. The normalized spacial score (nSPS) is 12.6. The second-order valence-corrected chi connectivity index (χ2v) is 9.11. The maximum atomic E-state index is 13.2. The molecule has 0 aliphatic carbocycles. The highest BCUT2D eigenvalue weighted by atomic mass is 32.1. The van der Waals surface area contributed by atoms with Crippen molar-refractivity contribution in [2.45, 2.75) is 27.7 Å². The van der Waals surface area contributed by atoms with Gasteiger partial charge in [0.15, 0.2) is 23.2 Å². The zero-order chi connectivity index (χ0) is 25.8. The van der Waals surface area contributed by atoms with E-state index in [1.165, 1.54) is 11.3 Å². The number of aromatic nitrogens is 1. The lowest BCUT2D eigenvalue weighted by molar-refractivity contribution is -0.120. The molecule has 1 aromatic heterocycles. The second kappa shape index (κ2) is 10.9. The molecule has 0 fully saturated rings. The molecule has 0 saturated heterocycles. The van der Waals surface area contributed by atoms with Crippen LogP contribution in [0, 0.1) is 6.92 Å². The van der Waals surface area contributed by atoms with E-state index in [1.807, 2.05) is 45.9 Å². The van der Waals surface area contributed by atoms with Crippen LogP contribution in [-0.2, 0) is 4.79 Å². The number of aryl methyl sites for hydroxylation is 1. The maximum absolute atomic E-state index is 13.2. The van der Waals surface area contributed by atoms with Crippen molar-refractivity contribution in [1.82, 2.24) is 4.98 Å². The van der Waals surface area contributed by atoms with Crippen molar-refractivity contribution >= 4 is 34.0 Å². The molecular weight excluding hydrogens is 482 g/mol. The number of fused-ring (bicyclic) bond motifs is 1. The lowest BCUT2D eigenvalue weighted by Gasteiger charge is -2.26. The fourth-order valence-electron chi connectivity index (χ4n) is 3.83. The Balaban J connectivity index is 1.61. The van der Waals surface area contributed by atoms with Crippen LogP contribution in [0.5, 0.6) is 23.0 Å². The summed E-state index contributed by atoms with van der Waals surface area (Å²) in [7, 11) is 1.72. The number of hydrogen-bond acceptors (Lipinski definition) is 8. The fourth-order valence-corrected chi connectivity index (χ4v) is 4.66. The van der Waals surface area contributed by atoms with Gasteiger partial charge in [-0.05, 0) is 58.0 Å². The van der Waals surface area contributed by atoms with E-state index in [2.05, 4.69) is 10.3 Å². The molecule has 0 saturated carbocycles. The van der Waals surface area contributed by atoms with Gasteiger partial charge in [-0.15, -0.1) is 11.3 Å². The van der Waals surface area contributed by atoms with Gasteiger partial charge in [-0.3, -0.25) is 14.9 Å². The number of carbonyl (C=O) groups excluding carboxylic acids is 2. The summed E-state index contributed by atoms with van der Waals surface area (Å²) >= 11 is 1.37. The summed E-state index contributed by atoms with van der Waals surface area (Å²) in [4.78, 5) is 32.4. The predicted octanol–water partition coefficient (Wildman–Crippen LogP) is 4.92. The van der Waals surface area contributed by atoms with Gasteiger partial charge in [0.05, 0.1) is 31.2 Å². The average Bonchev–Trinajstić information content (AvgIpc) is 3.23. The molecule has 36 heavy (non-hydrogen) atoms. The summed E-state index contributed by atoms with van der Waals surface area (Å²) in [6, 6.07) is 8.88. The monoisotopic (exact) mass is 511 g/mol. The Morgan fingerprint density at radius 2 is 1.75 bits per heavy atom. The number of benzene rings is 2. The number of carbonyl (C=O) groups is 2. The van der Waals surface area contributed by atoms with Gasteiger partial charge < -0.3 is 23.8 Å². The highest BCUT2D eigenvalue weighted by molar-refractivity contribution is 7.16. The molecule has 0 bridgehead atoms. The molecule has 2 amide bonds. The summed E-state index contributed by atoms with van der Waals surface area (Å²) in [5.41, 5.74) is 2.60. The van der Waals surface area contributed by atoms with Crippen LogP contribution >= 0.6 is 11.3 Å². The molecule has 1 aliphatic heterocycles. The van der Waals surface area contributed by atoms with Gasteiger partial charge >= 0.3 is 0 Å². The van der Waals surface area contributed by atoms with Crippen LogP contribution in [0.1, 0.15) is 36.0 Å². The molecule has 3 aromatic rings. The van der Waals surface area contributed by atoms with Crippen LogP contribution in [0.15, 0.2) is 30.3 Å². The number of anilines is 2. The Kier molecular flexibility index (Phi) is 7.64. The number of amides is 2. The van der Waals surface area contributed by atoms with Crippen molar-refractivity contribution in [2.75, 3.05) is 43.7 Å². The van der Waals surface area contributed by atoms with Crippen LogP contribution in [0.3, 0.4) is 0 Å². The minimum Gasteiger partial charge on any atom is -0.490 e. The van der Waals surface area contributed by atoms with Crippen LogP contribution in [0.2, 0.25) is 0 Å². The second-order valence-electron chi connectivity index (χ2n) is 7.90. The Labute approximate surface area is 214 Å². The van der Waals surface area contributed by atoms with Crippen LogP contribution in [-0.4, -0.2) is 50.3 Å². The Morgan fingerprint density at radius 1 is 1.08 bits per heavy atom. The van der Waals surface area contributed by atoms with E-state index in [-0.39, 0.29) is 18.4 Å². The molecule has 190 valence electrons. The van der Waals surface area contributed by atoms with Crippen molar-refractivity contribution in [3.63, 3.8) is 0 Å². The average molecular weight is 512 g/mol. The van der Waals surface area contributed by atoms with Gasteiger partial charge in [0.2, 0.25) is 5.75 Å². The zero-order valence-electron chi connectivity index (χ0n) is 21.0. The molecule has 2 aromatic carbocycles. The third-order valence-corrected chi connectivity index (χ3v) is 6.39. The molecule has 0 unspecified atom stereocenters. The predicted molar refractivity (Wildman–Crippen MR) is 139 cm³/mol. The van der Waals surface area contributed by atoms with Gasteiger partial charge in [-0.1, -0.05) is 0 Å². The third kappa shape index (κ3) is 5.08. The number of hydrogen-bond donors (Lipinski definition) is 1. The maximum Gasteiger partial charge on any atom is 0.264 e. The number of nitrogens with one attached hydrogen (secondary N) is 1. The lowest BCUT2D eigenvalue weighted by Crippen LogP contribution is -2.35. The van der Waals surface area contributed by atoms with E-state index < -0.39 is 0 Å². The van der Waals surface area contributed by atoms with E-state index in [1.54, 1.807) is 24.1 Å². The van der Waals surface area contributed by atoms with Crippen LogP contribution in [0.4, 0.5) is 10.8 Å². The molecular formula is C26H29N3O6S. The molecule has 0 atom stereocenters. The summed E-state index contributed by atoms with van der Waals surface area (Å²) in [6.45, 7) is 8.83. The van der Waals surface area contributed by atoms with Gasteiger partial charge in [0.25, 0.3) is 11.8 Å². The van der Waals surface area contributed by atoms with E-state index in [0.29, 0.717) is 59.2 Å². The Morgan fingerprint density at radius 3 is 2.39 bits per heavy atom. The number of rotatable bonds is 9. The molecule has 0 spiro atoms. The summed E-state index contributed by atoms with van der Waals surface area (Å²) < 4.78 is 22.7. The Hall–Kier alpha value is -3.79. The van der Waals surface area contributed by atoms with E-state index in [0.717, 1.165) is 16.1 Å². The van der Waals surface area contributed by atoms with E-state index in [4.69, 9.17) is 18.9 Å². The molecule has 4 rings (SSSR count). The van der Waals surface area contributed by atoms with Crippen LogP contribution < -0.4 is 29.2 Å². The van der Waals surface area contributed by atoms with Gasteiger partial charge in [-0.25, -0.2) is 4.98 Å². The van der Waals surface area contributed by atoms with Gasteiger partial charge in [0, 0.05) is 23.1 Å². The lowest BCUT2D eigenvalue weighted by atomic mass is 10.1. The summed E-state index contributed by atoms with van der Waals surface area (Å²) in [5, 5.41) is 3.34. The van der Waals surface area contributed by atoms with Gasteiger partial charge in [0.1, 0.15) is 5.75 Å². The number of nitrogens with zero attached hydrogens (tertiary/aromatic N) is 2. The molecule has 1 aliphatic rings. The largest absolute Gasteiger partial charge is 0.490 e. The molecule has 2 heterocycles. The molecule has 0 radical (unpaired) electrons. The topological polar surface area (TPSA) is 99.2 Å². The molecule has 1 N–H and O–H groups in total. The SMILES string of the molecule is CCOc1cc(C(=O)Nc2nc(-c3ccc4c(c3)N(C)C(=O)CO4)c(C)s2)cc(OCC)c1OCC. The quantitative estimate of drug-likeness (QED) is 0.435. The standard InChI is InChI=1S/C26H29N3O6S/c1-6-32-20-12-17(13-21(33-7-2)24(20)34-8-3)25(31)28-26-27-23(15(4)36-26)16-9-10-19-18(11-16)29(5)22(30)14-35-19/h9-13H,6-8,14H2,1-5H3,(H,27,28,31). The first-order chi connectivity index (χ1) is 17.4. The van der Waals surface area contributed by atoms with Crippen molar-refractivity contribution < 1.29 is 28.5 Å². The smallest absolute Gasteiger partial charge is 0.264 e.